The second-order valence-corrected chi connectivity index (χ2v) is 7.07. The largest absolute Gasteiger partial charge is 0.399 e. The molecular formula is C20H19N7O. The Bertz CT molecular complexity index is 999. The lowest BCUT2D eigenvalue weighted by Crippen LogP contribution is -2.32. The lowest BCUT2D eigenvalue weighted by molar-refractivity contribution is 0.212. The Hall–Kier alpha value is -3.42. The van der Waals surface area contributed by atoms with Gasteiger partial charge < -0.3 is 4.84 Å². The van der Waals surface area contributed by atoms with Gasteiger partial charge in [-0.15, -0.1) is 0 Å². The van der Waals surface area contributed by atoms with Gasteiger partial charge >= 0.3 is 0 Å². The number of hydrogen-bond donors (Lipinski definition) is 1. The highest BCUT2D eigenvalue weighted by Crippen LogP contribution is 2.41. The Morgan fingerprint density at radius 3 is 2.43 bits per heavy atom. The van der Waals surface area contributed by atoms with Crippen molar-refractivity contribution in [1.29, 1.82) is 0 Å². The SMILES string of the molecule is CON=C(c1n[nH]c2c1C=CC(c1ccncn1)(c1ccncn1)C2)C1CC1. The van der Waals surface area contributed by atoms with E-state index in [9.17, 15) is 0 Å². The van der Waals surface area contributed by atoms with Crippen LogP contribution in [0.5, 0.6) is 0 Å². The van der Waals surface area contributed by atoms with Crippen molar-refractivity contribution in [3.05, 3.63) is 71.6 Å². The number of aromatic amines is 1. The molecule has 8 nitrogen and oxygen atoms in total. The minimum Gasteiger partial charge on any atom is -0.399 e. The second-order valence-electron chi connectivity index (χ2n) is 7.07. The highest BCUT2D eigenvalue weighted by Gasteiger charge is 2.40. The van der Waals surface area contributed by atoms with Crippen LogP contribution in [0, 0.1) is 5.92 Å². The minimum atomic E-state index is -0.513. The molecule has 0 unspecified atom stereocenters. The number of rotatable bonds is 5. The first-order chi connectivity index (χ1) is 13.8. The maximum Gasteiger partial charge on any atom is 0.117 e. The first kappa shape index (κ1) is 16.7. The molecule has 5 rings (SSSR count). The summed E-state index contributed by atoms with van der Waals surface area (Å²) in [5, 5.41) is 12.0. The van der Waals surface area contributed by atoms with E-state index in [0.29, 0.717) is 12.3 Å². The van der Waals surface area contributed by atoms with E-state index in [4.69, 9.17) is 4.84 Å². The Balaban J connectivity index is 1.62. The average Bonchev–Trinajstić information content (AvgIpc) is 3.52. The molecule has 1 fully saturated rings. The highest BCUT2D eigenvalue weighted by atomic mass is 16.6. The zero-order valence-corrected chi connectivity index (χ0v) is 15.4. The van der Waals surface area contributed by atoms with Crippen LogP contribution in [-0.4, -0.2) is 43.0 Å². The minimum absolute atomic E-state index is 0.427. The first-order valence-corrected chi connectivity index (χ1v) is 9.23. The summed E-state index contributed by atoms with van der Waals surface area (Å²) in [6.45, 7) is 0. The van der Waals surface area contributed by atoms with Gasteiger partial charge in [-0.05, 0) is 25.0 Å². The van der Waals surface area contributed by atoms with E-state index in [1.165, 1.54) is 0 Å². The summed E-state index contributed by atoms with van der Waals surface area (Å²) < 4.78 is 0. The van der Waals surface area contributed by atoms with Crippen LogP contribution in [-0.2, 0) is 16.7 Å². The summed E-state index contributed by atoms with van der Waals surface area (Å²) in [6, 6.07) is 3.85. The molecule has 28 heavy (non-hydrogen) atoms. The topological polar surface area (TPSA) is 102 Å². The summed E-state index contributed by atoms with van der Waals surface area (Å²) in [5.74, 6) is 0.427. The summed E-state index contributed by atoms with van der Waals surface area (Å²) in [4.78, 5) is 22.3. The Morgan fingerprint density at radius 1 is 1.14 bits per heavy atom. The molecule has 3 aromatic rings. The third-order valence-electron chi connectivity index (χ3n) is 5.35. The van der Waals surface area contributed by atoms with Gasteiger partial charge in [0.05, 0.1) is 16.8 Å². The number of H-pyrrole nitrogens is 1. The number of aromatic nitrogens is 6. The van der Waals surface area contributed by atoms with E-state index in [-0.39, 0.29) is 0 Å². The van der Waals surface area contributed by atoms with Crippen LogP contribution < -0.4 is 0 Å². The zero-order chi connectivity index (χ0) is 19.0. The average molecular weight is 373 g/mol. The van der Waals surface area contributed by atoms with Gasteiger partial charge in [-0.3, -0.25) is 5.10 Å². The van der Waals surface area contributed by atoms with Gasteiger partial charge in [-0.2, -0.15) is 5.10 Å². The maximum absolute atomic E-state index is 5.08. The summed E-state index contributed by atoms with van der Waals surface area (Å²) in [7, 11) is 1.58. The third kappa shape index (κ3) is 2.69. The molecule has 0 radical (unpaired) electrons. The van der Waals surface area contributed by atoms with Crippen LogP contribution in [0.3, 0.4) is 0 Å². The van der Waals surface area contributed by atoms with E-state index < -0.39 is 5.41 Å². The standard InChI is InChI=1S/C20H19N7O/c1-28-27-18(13-2-3-13)19-14-4-7-20(10-15(14)25-26-19,16-5-8-21-11-23-16)17-6-9-22-12-24-17/h4-9,11-13H,2-3,10H2,1H3,(H,25,26). The van der Waals surface area contributed by atoms with Gasteiger partial charge in [-0.1, -0.05) is 17.3 Å². The molecule has 3 aromatic heterocycles. The molecule has 0 aromatic carbocycles. The van der Waals surface area contributed by atoms with Crippen molar-refractivity contribution in [3.8, 4) is 0 Å². The van der Waals surface area contributed by atoms with Crippen molar-refractivity contribution in [1.82, 2.24) is 30.1 Å². The fourth-order valence-electron chi connectivity index (χ4n) is 3.82. The van der Waals surface area contributed by atoms with E-state index in [1.807, 2.05) is 12.1 Å². The molecule has 3 heterocycles. The zero-order valence-electron chi connectivity index (χ0n) is 15.4. The molecule has 1 N–H and O–H groups in total. The summed E-state index contributed by atoms with van der Waals surface area (Å²) >= 11 is 0. The van der Waals surface area contributed by atoms with Gasteiger partial charge in [0.2, 0.25) is 0 Å². The van der Waals surface area contributed by atoms with Crippen molar-refractivity contribution < 1.29 is 4.84 Å². The number of allylic oxidation sites excluding steroid dienone is 1. The first-order valence-electron chi connectivity index (χ1n) is 9.23. The Labute approximate surface area is 161 Å². The predicted octanol–water partition coefficient (Wildman–Crippen LogP) is 2.31. The van der Waals surface area contributed by atoms with E-state index in [2.05, 4.69) is 47.4 Å². The molecule has 0 saturated heterocycles. The number of hydrogen-bond acceptors (Lipinski definition) is 7. The van der Waals surface area contributed by atoms with Crippen LogP contribution in [0.15, 0.2) is 48.4 Å². The number of oxime groups is 1. The second kappa shape index (κ2) is 6.63. The molecule has 2 aliphatic carbocycles. The van der Waals surface area contributed by atoms with Crippen molar-refractivity contribution in [2.45, 2.75) is 24.7 Å². The fourth-order valence-corrected chi connectivity index (χ4v) is 3.82. The fraction of sp³-hybridized carbons (Fsp3) is 0.300. The van der Waals surface area contributed by atoms with Crippen LogP contribution in [0.1, 0.15) is 41.2 Å². The van der Waals surface area contributed by atoms with Crippen LogP contribution in [0.25, 0.3) is 6.08 Å². The van der Waals surface area contributed by atoms with Crippen LogP contribution >= 0.6 is 0 Å². The summed E-state index contributed by atoms with van der Waals surface area (Å²) in [5.41, 5.74) is 5.12. The number of nitrogens with zero attached hydrogens (tertiary/aromatic N) is 6. The van der Waals surface area contributed by atoms with Crippen molar-refractivity contribution in [2.24, 2.45) is 11.1 Å². The highest BCUT2D eigenvalue weighted by molar-refractivity contribution is 6.04. The van der Waals surface area contributed by atoms with Gasteiger partial charge in [-0.25, -0.2) is 19.9 Å². The third-order valence-corrected chi connectivity index (χ3v) is 5.35. The molecule has 0 aliphatic heterocycles. The van der Waals surface area contributed by atoms with Crippen molar-refractivity contribution in [3.63, 3.8) is 0 Å². The summed E-state index contributed by atoms with van der Waals surface area (Å²) in [6.07, 6.45) is 13.8. The molecule has 0 spiro atoms. The Morgan fingerprint density at radius 2 is 1.86 bits per heavy atom. The van der Waals surface area contributed by atoms with E-state index in [0.717, 1.165) is 46.9 Å². The Kier molecular flexibility index (Phi) is 3.96. The monoisotopic (exact) mass is 373 g/mol. The molecule has 140 valence electrons. The quantitative estimate of drug-likeness (QED) is 0.544. The van der Waals surface area contributed by atoms with E-state index >= 15 is 0 Å². The normalized spacial score (nSPS) is 18.0. The molecule has 2 aliphatic rings. The van der Waals surface area contributed by atoms with Gasteiger partial charge in [0, 0.05) is 36.0 Å². The van der Waals surface area contributed by atoms with Crippen LogP contribution in [0.2, 0.25) is 0 Å². The lowest BCUT2D eigenvalue weighted by atomic mass is 9.72. The molecule has 0 bridgehead atoms. The number of fused-ring (bicyclic) bond motifs is 1. The maximum atomic E-state index is 5.08. The molecule has 0 atom stereocenters. The molecule has 1 saturated carbocycles. The van der Waals surface area contributed by atoms with Crippen LogP contribution in [0.4, 0.5) is 0 Å². The molecule has 0 amide bonds. The predicted molar refractivity (Wildman–Crippen MR) is 102 cm³/mol. The van der Waals surface area contributed by atoms with Crippen molar-refractivity contribution >= 4 is 11.8 Å². The smallest absolute Gasteiger partial charge is 0.117 e. The molecular weight excluding hydrogens is 354 g/mol. The van der Waals surface area contributed by atoms with Gasteiger partial charge in [0.1, 0.15) is 31.2 Å². The molecule has 8 heteroatoms. The lowest BCUT2D eigenvalue weighted by Gasteiger charge is -2.31. The van der Waals surface area contributed by atoms with Crippen molar-refractivity contribution in [2.75, 3.05) is 7.11 Å². The number of nitrogens with one attached hydrogen (secondary N) is 1. The van der Waals surface area contributed by atoms with Gasteiger partial charge in [0.15, 0.2) is 0 Å². The van der Waals surface area contributed by atoms with Gasteiger partial charge in [0.25, 0.3) is 0 Å². The van der Waals surface area contributed by atoms with E-state index in [1.54, 1.807) is 32.2 Å².